The highest BCUT2D eigenvalue weighted by atomic mass is 32.2. The first-order valence-corrected chi connectivity index (χ1v) is 6.38. The van der Waals surface area contributed by atoms with Crippen LogP contribution in [0.5, 0.6) is 0 Å². The Morgan fingerprint density at radius 2 is 1.94 bits per heavy atom. The summed E-state index contributed by atoms with van der Waals surface area (Å²) >= 11 is 6.52. The lowest BCUT2D eigenvalue weighted by molar-refractivity contribution is -0.115. The van der Waals surface area contributed by atoms with E-state index in [1.807, 2.05) is 49.3 Å². The number of rotatable bonds is 4. The molecule has 0 aliphatic rings. The fourth-order valence-electron chi connectivity index (χ4n) is 1.15. The lowest BCUT2D eigenvalue weighted by Crippen LogP contribution is -2.18. The van der Waals surface area contributed by atoms with Gasteiger partial charge in [-0.2, -0.15) is 0 Å². The SMILES string of the molecule is CN(C)C(=S)SCC(=O)Cc1ccccc1. The minimum absolute atomic E-state index is 0.209. The zero-order chi connectivity index (χ0) is 12.0. The molecule has 0 aliphatic carbocycles. The highest BCUT2D eigenvalue weighted by molar-refractivity contribution is 8.23. The molecule has 0 aromatic heterocycles. The molecule has 0 fully saturated rings. The molecule has 2 nitrogen and oxygen atoms in total. The Hall–Kier alpha value is -0.870. The van der Waals surface area contributed by atoms with E-state index in [-0.39, 0.29) is 5.78 Å². The van der Waals surface area contributed by atoms with E-state index in [0.717, 1.165) is 9.88 Å². The van der Waals surface area contributed by atoms with Crippen LogP contribution < -0.4 is 0 Å². The molecule has 1 aromatic rings. The van der Waals surface area contributed by atoms with E-state index in [1.54, 1.807) is 0 Å². The van der Waals surface area contributed by atoms with Crippen molar-refractivity contribution in [2.24, 2.45) is 0 Å². The van der Waals surface area contributed by atoms with Crippen molar-refractivity contribution in [2.75, 3.05) is 19.8 Å². The summed E-state index contributed by atoms with van der Waals surface area (Å²) in [5.41, 5.74) is 1.06. The van der Waals surface area contributed by atoms with Crippen LogP contribution in [0.1, 0.15) is 5.56 Å². The second-order valence-electron chi connectivity index (χ2n) is 3.65. The molecule has 0 saturated carbocycles. The average molecular weight is 253 g/mol. The van der Waals surface area contributed by atoms with Crippen LogP contribution >= 0.6 is 24.0 Å². The highest BCUT2D eigenvalue weighted by Gasteiger charge is 2.06. The summed E-state index contributed by atoms with van der Waals surface area (Å²) < 4.78 is 0.751. The monoisotopic (exact) mass is 253 g/mol. The van der Waals surface area contributed by atoms with Gasteiger partial charge in [0.05, 0.1) is 5.75 Å². The maximum atomic E-state index is 11.6. The van der Waals surface area contributed by atoms with Gasteiger partial charge >= 0.3 is 0 Å². The molecule has 86 valence electrons. The standard InChI is InChI=1S/C12H15NOS2/c1-13(2)12(15)16-9-11(14)8-10-6-4-3-5-7-10/h3-7H,8-9H2,1-2H3. The fourth-order valence-corrected chi connectivity index (χ4v) is 1.97. The quantitative estimate of drug-likeness (QED) is 0.767. The first-order chi connectivity index (χ1) is 7.59. The van der Waals surface area contributed by atoms with E-state index < -0.39 is 0 Å². The minimum atomic E-state index is 0.209. The molecule has 0 spiro atoms. The molecule has 0 amide bonds. The third-order valence-electron chi connectivity index (χ3n) is 1.97. The third-order valence-corrected chi connectivity index (χ3v) is 3.76. The van der Waals surface area contributed by atoms with E-state index >= 15 is 0 Å². The number of hydrogen-bond acceptors (Lipinski definition) is 3. The largest absolute Gasteiger partial charge is 0.364 e. The van der Waals surface area contributed by atoms with Crippen molar-refractivity contribution in [1.82, 2.24) is 4.90 Å². The van der Waals surface area contributed by atoms with Crippen LogP contribution in [0.3, 0.4) is 0 Å². The van der Waals surface area contributed by atoms with Gasteiger partial charge in [0.2, 0.25) is 0 Å². The van der Waals surface area contributed by atoms with Gasteiger partial charge in [0.25, 0.3) is 0 Å². The molecule has 4 heteroatoms. The number of benzene rings is 1. The van der Waals surface area contributed by atoms with Crippen LogP contribution in [0.4, 0.5) is 0 Å². The first-order valence-electron chi connectivity index (χ1n) is 4.99. The molecule has 1 rings (SSSR count). The number of thiocarbonyl (C=S) groups is 1. The summed E-state index contributed by atoms with van der Waals surface area (Å²) in [7, 11) is 3.77. The number of carbonyl (C=O) groups is 1. The first kappa shape index (κ1) is 13.2. The van der Waals surface area contributed by atoms with Crippen LogP contribution in [0.25, 0.3) is 0 Å². The highest BCUT2D eigenvalue weighted by Crippen LogP contribution is 2.09. The topological polar surface area (TPSA) is 20.3 Å². The molecule has 0 atom stereocenters. The van der Waals surface area contributed by atoms with E-state index in [9.17, 15) is 4.79 Å². The van der Waals surface area contributed by atoms with E-state index in [0.29, 0.717) is 12.2 Å². The summed E-state index contributed by atoms with van der Waals surface area (Å²) in [5.74, 6) is 0.659. The molecule has 0 saturated heterocycles. The summed E-state index contributed by atoms with van der Waals surface area (Å²) in [6, 6.07) is 9.77. The Bertz CT molecular complexity index is 363. The van der Waals surface area contributed by atoms with Crippen molar-refractivity contribution < 1.29 is 4.79 Å². The van der Waals surface area contributed by atoms with Gasteiger partial charge in [0.1, 0.15) is 10.1 Å². The summed E-state index contributed by atoms with van der Waals surface area (Å²) in [4.78, 5) is 13.5. The third kappa shape index (κ3) is 4.77. The van der Waals surface area contributed by atoms with Gasteiger partial charge in [0.15, 0.2) is 0 Å². The average Bonchev–Trinajstić information content (AvgIpc) is 2.27. The molecule has 0 bridgehead atoms. The number of Topliss-reactive ketones (excluding diaryl/α,β-unsaturated/α-hetero) is 1. The lowest BCUT2D eigenvalue weighted by atomic mass is 10.1. The molecule has 0 aliphatic heterocycles. The summed E-state index contributed by atoms with van der Waals surface area (Å²) in [6.07, 6.45) is 0.490. The number of thioether (sulfide) groups is 1. The van der Waals surface area contributed by atoms with E-state index in [2.05, 4.69) is 0 Å². The van der Waals surface area contributed by atoms with Gasteiger partial charge in [-0.05, 0) is 5.56 Å². The molecular weight excluding hydrogens is 238 g/mol. The minimum Gasteiger partial charge on any atom is -0.364 e. The van der Waals surface area contributed by atoms with Crippen LogP contribution in [-0.2, 0) is 11.2 Å². The van der Waals surface area contributed by atoms with E-state index in [4.69, 9.17) is 12.2 Å². The van der Waals surface area contributed by atoms with Crippen LogP contribution in [0, 0.1) is 0 Å². The zero-order valence-corrected chi connectivity index (χ0v) is 11.1. The second kappa shape index (κ2) is 6.66. The maximum absolute atomic E-state index is 11.6. The van der Waals surface area contributed by atoms with Gasteiger partial charge < -0.3 is 4.90 Å². The molecular formula is C12H15NOS2. The normalized spacial score (nSPS) is 9.88. The number of ketones is 1. The molecule has 1 aromatic carbocycles. The Labute approximate surface area is 106 Å². The van der Waals surface area contributed by atoms with Crippen molar-refractivity contribution in [3.63, 3.8) is 0 Å². The lowest BCUT2D eigenvalue weighted by Gasteiger charge is -2.11. The van der Waals surface area contributed by atoms with Crippen LogP contribution in [0.2, 0.25) is 0 Å². The molecule has 0 radical (unpaired) electrons. The Kier molecular flexibility index (Phi) is 5.49. The van der Waals surface area contributed by atoms with Gasteiger partial charge in [-0.25, -0.2) is 0 Å². The number of hydrogen-bond donors (Lipinski definition) is 0. The predicted molar refractivity (Wildman–Crippen MR) is 73.9 cm³/mol. The van der Waals surface area contributed by atoms with Crippen molar-refractivity contribution >= 4 is 34.1 Å². The molecule has 16 heavy (non-hydrogen) atoms. The van der Waals surface area contributed by atoms with Gasteiger partial charge in [-0.3, -0.25) is 4.79 Å². The zero-order valence-electron chi connectivity index (χ0n) is 9.47. The van der Waals surface area contributed by atoms with Gasteiger partial charge in [-0.1, -0.05) is 54.3 Å². The van der Waals surface area contributed by atoms with Gasteiger partial charge in [-0.15, -0.1) is 0 Å². The van der Waals surface area contributed by atoms with Crippen molar-refractivity contribution in [3.8, 4) is 0 Å². The van der Waals surface area contributed by atoms with Crippen LogP contribution in [-0.4, -0.2) is 34.9 Å². The van der Waals surface area contributed by atoms with Gasteiger partial charge in [0, 0.05) is 20.5 Å². The summed E-state index contributed by atoms with van der Waals surface area (Å²) in [5, 5.41) is 0. The van der Waals surface area contributed by atoms with E-state index in [1.165, 1.54) is 11.8 Å². The smallest absolute Gasteiger partial charge is 0.147 e. The Morgan fingerprint density at radius 3 is 2.50 bits per heavy atom. The molecule has 0 heterocycles. The van der Waals surface area contributed by atoms with Crippen molar-refractivity contribution in [1.29, 1.82) is 0 Å². The molecule has 0 unspecified atom stereocenters. The Balaban J connectivity index is 2.35. The number of carbonyl (C=O) groups excluding carboxylic acids is 1. The number of nitrogens with zero attached hydrogens (tertiary/aromatic N) is 1. The Morgan fingerprint density at radius 1 is 1.31 bits per heavy atom. The van der Waals surface area contributed by atoms with Crippen molar-refractivity contribution in [3.05, 3.63) is 35.9 Å². The van der Waals surface area contributed by atoms with Crippen molar-refractivity contribution in [2.45, 2.75) is 6.42 Å². The fraction of sp³-hybridized carbons (Fsp3) is 0.333. The predicted octanol–water partition coefficient (Wildman–Crippen LogP) is 2.38. The molecule has 0 N–H and O–H groups in total. The maximum Gasteiger partial charge on any atom is 0.147 e. The van der Waals surface area contributed by atoms with Crippen LogP contribution in [0.15, 0.2) is 30.3 Å². The summed E-state index contributed by atoms with van der Waals surface area (Å²) in [6.45, 7) is 0. The second-order valence-corrected chi connectivity index (χ2v) is 5.26.